The van der Waals surface area contributed by atoms with Gasteiger partial charge in [-0.05, 0) is 83.7 Å². The van der Waals surface area contributed by atoms with Crippen molar-refractivity contribution < 1.29 is 4.57 Å². The number of benzene rings is 5. The number of hydrogen-bond donors (Lipinski definition) is 0. The summed E-state index contributed by atoms with van der Waals surface area (Å²) < 4.78 is 3.68. The maximum absolute atomic E-state index is 2.56. The number of fused-ring (bicyclic) bond motifs is 3. The summed E-state index contributed by atoms with van der Waals surface area (Å²) in [6, 6.07) is 37.2. The standard InChI is InChI=1S/C46H44B2NS/c1-27-24-32(6)33(7)37(25-27)44-46-36(22-23-49(44)9)34(8)45(50-46)35-20-21-40-41(26-35)48(43-30(4)16-13-17-31(43)5)39-19-11-10-18-38(39)47(40)42-28(2)14-12-15-29(42)3/h10-26H,1-9H3/q+1. The Bertz CT molecular complexity index is 2460. The van der Waals surface area contributed by atoms with Crippen molar-refractivity contribution in [1.82, 2.24) is 0 Å². The van der Waals surface area contributed by atoms with E-state index in [0.717, 1.165) is 0 Å². The Morgan fingerprint density at radius 2 is 1.08 bits per heavy atom. The number of nitrogens with zero attached hydrogens (tertiary/aromatic N) is 1. The van der Waals surface area contributed by atoms with Crippen LogP contribution in [0.3, 0.4) is 0 Å². The van der Waals surface area contributed by atoms with Crippen LogP contribution in [0.15, 0.2) is 103 Å². The van der Waals surface area contributed by atoms with E-state index in [1.165, 1.54) is 109 Å². The third kappa shape index (κ3) is 5.03. The third-order valence-electron chi connectivity index (χ3n) is 11.5. The van der Waals surface area contributed by atoms with Gasteiger partial charge in [-0.25, -0.2) is 0 Å². The quantitative estimate of drug-likeness (QED) is 0.143. The number of hydrogen-bond acceptors (Lipinski definition) is 1. The maximum atomic E-state index is 2.56. The van der Waals surface area contributed by atoms with Crippen LogP contribution < -0.4 is 37.3 Å². The van der Waals surface area contributed by atoms with Crippen LogP contribution in [0.25, 0.3) is 31.8 Å². The molecule has 0 atom stereocenters. The summed E-state index contributed by atoms with van der Waals surface area (Å²) >= 11 is 1.95. The molecule has 5 aromatic carbocycles. The Morgan fingerprint density at radius 1 is 0.520 bits per heavy atom. The second kappa shape index (κ2) is 12.3. The topological polar surface area (TPSA) is 3.88 Å². The van der Waals surface area contributed by atoms with Gasteiger partial charge in [-0.15, -0.1) is 11.3 Å². The van der Waals surface area contributed by atoms with Crippen molar-refractivity contribution in [2.24, 2.45) is 7.05 Å². The summed E-state index contributed by atoms with van der Waals surface area (Å²) in [5.74, 6) is 0. The molecule has 0 fully saturated rings. The minimum Gasteiger partial charge on any atom is -0.200 e. The fourth-order valence-corrected chi connectivity index (χ4v) is 10.4. The van der Waals surface area contributed by atoms with E-state index in [1.54, 1.807) is 0 Å². The molecule has 0 spiro atoms. The molecule has 8 rings (SSSR count). The Hall–Kier alpha value is -4.66. The van der Waals surface area contributed by atoms with Crippen LogP contribution in [0, 0.1) is 55.4 Å². The zero-order valence-electron chi connectivity index (χ0n) is 30.8. The molecule has 3 heterocycles. The molecular weight excluding hydrogens is 620 g/mol. The number of rotatable bonds is 4. The van der Waals surface area contributed by atoms with Gasteiger partial charge in [0.25, 0.3) is 0 Å². The van der Waals surface area contributed by atoms with Gasteiger partial charge in [-0.2, -0.15) is 4.57 Å². The Labute approximate surface area is 302 Å². The lowest BCUT2D eigenvalue weighted by atomic mass is 9.20. The predicted molar refractivity (Wildman–Crippen MR) is 220 cm³/mol. The highest BCUT2D eigenvalue weighted by atomic mass is 32.1. The average Bonchev–Trinajstić information content (AvgIpc) is 3.42. The number of aryl methyl sites for hydroxylation is 8. The molecule has 0 N–H and O–H groups in total. The van der Waals surface area contributed by atoms with Crippen molar-refractivity contribution >= 4 is 67.6 Å². The molecule has 0 amide bonds. The van der Waals surface area contributed by atoms with Crippen molar-refractivity contribution in [2.75, 3.05) is 0 Å². The molecule has 0 radical (unpaired) electrons. The maximum Gasteiger partial charge on any atom is 0.240 e. The highest BCUT2D eigenvalue weighted by Crippen LogP contribution is 2.42. The first-order chi connectivity index (χ1) is 24.0. The van der Waals surface area contributed by atoms with Gasteiger partial charge in [-0.3, -0.25) is 0 Å². The van der Waals surface area contributed by atoms with Gasteiger partial charge in [0.1, 0.15) is 11.7 Å². The van der Waals surface area contributed by atoms with Crippen LogP contribution >= 0.6 is 11.3 Å². The van der Waals surface area contributed by atoms with Crippen LogP contribution in [-0.2, 0) is 7.05 Å². The lowest BCUT2D eigenvalue weighted by molar-refractivity contribution is -0.659. The summed E-state index contributed by atoms with van der Waals surface area (Å²) in [5, 5.41) is 1.35. The van der Waals surface area contributed by atoms with Crippen LogP contribution in [-0.4, -0.2) is 13.4 Å². The Balaban J connectivity index is 1.41. The molecule has 0 unspecified atom stereocenters. The normalized spacial score (nSPS) is 12.4. The van der Waals surface area contributed by atoms with Crippen LogP contribution in [0.5, 0.6) is 0 Å². The van der Waals surface area contributed by atoms with Gasteiger partial charge in [0.05, 0.1) is 5.56 Å². The molecule has 0 saturated carbocycles. The van der Waals surface area contributed by atoms with Gasteiger partial charge in [0, 0.05) is 16.3 Å². The smallest absolute Gasteiger partial charge is 0.200 e. The van der Waals surface area contributed by atoms with E-state index in [-0.39, 0.29) is 13.4 Å². The first-order valence-corrected chi connectivity index (χ1v) is 18.7. The highest BCUT2D eigenvalue weighted by Gasteiger charge is 2.40. The van der Waals surface area contributed by atoms with E-state index in [1.807, 2.05) is 11.3 Å². The molecule has 244 valence electrons. The summed E-state index contributed by atoms with van der Waals surface area (Å²) in [6.07, 6.45) is 2.24. The number of pyridine rings is 1. The van der Waals surface area contributed by atoms with E-state index >= 15 is 0 Å². The molecule has 1 aliphatic heterocycles. The van der Waals surface area contributed by atoms with Crippen molar-refractivity contribution in [2.45, 2.75) is 55.4 Å². The third-order valence-corrected chi connectivity index (χ3v) is 12.9. The van der Waals surface area contributed by atoms with Crippen LogP contribution in [0.1, 0.15) is 44.5 Å². The molecule has 50 heavy (non-hydrogen) atoms. The zero-order chi connectivity index (χ0) is 35.0. The Kier molecular flexibility index (Phi) is 7.99. The van der Waals surface area contributed by atoms with Crippen molar-refractivity contribution in [3.63, 3.8) is 0 Å². The van der Waals surface area contributed by atoms with Gasteiger partial charge < -0.3 is 0 Å². The molecular formula is C46H44B2NS+. The lowest BCUT2D eigenvalue weighted by Gasteiger charge is -2.34. The summed E-state index contributed by atoms with van der Waals surface area (Å²) in [4.78, 5) is 1.36. The predicted octanol–water partition coefficient (Wildman–Crippen LogP) is 6.87. The van der Waals surface area contributed by atoms with E-state index in [0.29, 0.717) is 0 Å². The Morgan fingerprint density at radius 3 is 1.68 bits per heavy atom. The largest absolute Gasteiger partial charge is 0.240 e. The number of aromatic nitrogens is 1. The van der Waals surface area contributed by atoms with E-state index in [9.17, 15) is 0 Å². The first-order valence-electron chi connectivity index (χ1n) is 17.9. The highest BCUT2D eigenvalue weighted by molar-refractivity contribution is 7.23. The minimum atomic E-state index is 0.156. The van der Waals surface area contributed by atoms with E-state index in [2.05, 4.69) is 170 Å². The second-order valence-corrected chi connectivity index (χ2v) is 15.8. The second-order valence-electron chi connectivity index (χ2n) is 14.8. The van der Waals surface area contributed by atoms with E-state index < -0.39 is 0 Å². The van der Waals surface area contributed by atoms with Crippen molar-refractivity contribution in [3.8, 4) is 21.7 Å². The summed E-state index contributed by atoms with van der Waals surface area (Å²) in [5.41, 5.74) is 23.3. The molecule has 1 nitrogen and oxygen atoms in total. The molecule has 0 bridgehead atoms. The lowest BCUT2D eigenvalue weighted by Crippen LogP contribution is -2.75. The average molecular weight is 665 g/mol. The minimum absolute atomic E-state index is 0.156. The van der Waals surface area contributed by atoms with Crippen molar-refractivity contribution in [3.05, 3.63) is 148 Å². The summed E-state index contributed by atoms with van der Waals surface area (Å²) in [7, 11) is 2.19. The van der Waals surface area contributed by atoms with Gasteiger partial charge in [-0.1, -0.05) is 146 Å². The van der Waals surface area contributed by atoms with Crippen LogP contribution in [0.2, 0.25) is 0 Å². The van der Waals surface area contributed by atoms with Crippen molar-refractivity contribution in [1.29, 1.82) is 0 Å². The van der Waals surface area contributed by atoms with E-state index in [4.69, 9.17) is 0 Å². The fraction of sp³-hybridized carbons (Fsp3) is 0.196. The van der Waals surface area contributed by atoms with Gasteiger partial charge in [0.2, 0.25) is 19.1 Å². The molecule has 4 heteroatoms. The first kappa shape index (κ1) is 32.5. The van der Waals surface area contributed by atoms with Gasteiger partial charge in [0.15, 0.2) is 6.20 Å². The van der Waals surface area contributed by atoms with Gasteiger partial charge >= 0.3 is 0 Å². The SMILES string of the molecule is Cc1cc(C)c(C)c(-c2c3sc(-c4ccc5c(c4)B(c4c(C)cccc4C)c4ccccc4B5c4c(C)cccc4C)c(C)c3cc[n+]2C)c1. The molecule has 0 saturated heterocycles. The monoisotopic (exact) mass is 664 g/mol. The summed E-state index contributed by atoms with van der Waals surface area (Å²) in [6.45, 7) is 18.5. The molecule has 7 aromatic rings. The molecule has 2 aromatic heterocycles. The fourth-order valence-electron chi connectivity index (χ4n) is 8.99. The van der Waals surface area contributed by atoms with Crippen LogP contribution in [0.4, 0.5) is 0 Å². The number of thiophene rings is 1. The molecule has 1 aliphatic rings. The molecule has 0 aliphatic carbocycles. The zero-order valence-corrected chi connectivity index (χ0v) is 31.6.